The van der Waals surface area contributed by atoms with Gasteiger partial charge in [0.05, 0.1) is 13.2 Å². The van der Waals surface area contributed by atoms with Crippen LogP contribution in [0.1, 0.15) is 13.8 Å². The first-order chi connectivity index (χ1) is 4.27. The van der Waals surface area contributed by atoms with Gasteiger partial charge >= 0.3 is 0 Å². The van der Waals surface area contributed by atoms with E-state index >= 15 is 0 Å². The van der Waals surface area contributed by atoms with E-state index in [1.165, 1.54) is 0 Å². The number of hydroxylamine groups is 1. The first kappa shape index (κ1) is 8.88. The molecule has 0 saturated carbocycles. The van der Waals surface area contributed by atoms with Crippen molar-refractivity contribution >= 4 is 0 Å². The van der Waals surface area contributed by atoms with Gasteiger partial charge in [0.2, 0.25) is 0 Å². The highest BCUT2D eigenvalue weighted by molar-refractivity contribution is 4.38. The van der Waals surface area contributed by atoms with Gasteiger partial charge in [-0.2, -0.15) is 5.48 Å². The van der Waals surface area contributed by atoms with Gasteiger partial charge in [-0.05, 0) is 13.8 Å². The van der Waals surface area contributed by atoms with Gasteiger partial charge in [0.1, 0.15) is 0 Å². The molecule has 0 atom stereocenters. The van der Waals surface area contributed by atoms with E-state index in [0.717, 1.165) is 0 Å². The fourth-order valence-corrected chi connectivity index (χ4v) is 0.351. The molecule has 3 nitrogen and oxygen atoms in total. The van der Waals surface area contributed by atoms with Gasteiger partial charge < -0.3 is 4.74 Å². The summed E-state index contributed by atoms with van der Waals surface area (Å²) >= 11 is 0. The number of ether oxygens (including phenoxy) is 1. The van der Waals surface area contributed by atoms with Gasteiger partial charge in [-0.25, -0.2) is 0 Å². The molecule has 56 valence electrons. The normalized spacial score (nSPS) is 10.7. The molecule has 0 saturated heterocycles. The van der Waals surface area contributed by atoms with Crippen LogP contribution in [-0.4, -0.2) is 26.4 Å². The molecule has 0 aromatic heterocycles. The summed E-state index contributed by atoms with van der Waals surface area (Å²) in [5.74, 6) is 0. The van der Waals surface area contributed by atoms with Crippen LogP contribution >= 0.6 is 0 Å². The van der Waals surface area contributed by atoms with E-state index in [2.05, 4.69) is 5.48 Å². The average molecular weight is 133 g/mol. The van der Waals surface area contributed by atoms with E-state index in [1.807, 2.05) is 13.8 Å². The summed E-state index contributed by atoms with van der Waals surface area (Å²) in [7, 11) is 1.65. The Kier molecular flexibility index (Phi) is 5.93. The van der Waals surface area contributed by atoms with Crippen LogP contribution in [0, 0.1) is 0 Å². The Morgan fingerprint density at radius 3 is 2.44 bits per heavy atom. The van der Waals surface area contributed by atoms with Crippen molar-refractivity contribution in [3.8, 4) is 0 Å². The van der Waals surface area contributed by atoms with Crippen molar-refractivity contribution in [3.63, 3.8) is 0 Å². The molecule has 0 bridgehead atoms. The van der Waals surface area contributed by atoms with Crippen molar-refractivity contribution in [3.05, 3.63) is 0 Å². The molecular weight excluding hydrogens is 118 g/mol. The number of methoxy groups -OCH3 is 1. The Labute approximate surface area is 56.3 Å². The van der Waals surface area contributed by atoms with E-state index in [9.17, 15) is 0 Å². The summed E-state index contributed by atoms with van der Waals surface area (Å²) in [5.41, 5.74) is 2.80. The molecule has 9 heavy (non-hydrogen) atoms. The van der Waals surface area contributed by atoms with Crippen molar-refractivity contribution in [2.75, 3.05) is 20.3 Å². The quantitative estimate of drug-likeness (QED) is 0.439. The monoisotopic (exact) mass is 133 g/mol. The number of nitrogens with one attached hydrogen (secondary N) is 1. The van der Waals surface area contributed by atoms with Crippen molar-refractivity contribution in [1.29, 1.82) is 0 Å². The fraction of sp³-hybridized carbons (Fsp3) is 1.00. The lowest BCUT2D eigenvalue weighted by Crippen LogP contribution is -2.24. The van der Waals surface area contributed by atoms with Crippen LogP contribution in [0.15, 0.2) is 0 Å². The minimum atomic E-state index is 0.377. The summed E-state index contributed by atoms with van der Waals surface area (Å²) in [4.78, 5) is 4.96. The minimum absolute atomic E-state index is 0.377. The van der Waals surface area contributed by atoms with E-state index in [4.69, 9.17) is 9.57 Å². The molecule has 0 aromatic carbocycles. The maximum Gasteiger partial charge on any atom is 0.0915 e. The van der Waals surface area contributed by atoms with E-state index in [0.29, 0.717) is 19.3 Å². The summed E-state index contributed by atoms with van der Waals surface area (Å²) < 4.78 is 4.76. The lowest BCUT2D eigenvalue weighted by Gasteiger charge is -2.06. The molecule has 0 rings (SSSR count). The predicted octanol–water partition coefficient (Wildman–Crippen LogP) is 0.562. The molecule has 0 aliphatic rings. The van der Waals surface area contributed by atoms with E-state index in [1.54, 1.807) is 7.11 Å². The van der Waals surface area contributed by atoms with Crippen LogP contribution < -0.4 is 5.48 Å². The van der Waals surface area contributed by atoms with Crippen LogP contribution in [0.2, 0.25) is 0 Å². The summed E-state index contributed by atoms with van der Waals surface area (Å²) in [6.07, 6.45) is 0. The highest BCUT2D eigenvalue weighted by atomic mass is 16.7. The molecule has 0 heterocycles. The average Bonchev–Trinajstić information content (AvgIpc) is 1.80. The zero-order valence-corrected chi connectivity index (χ0v) is 6.31. The maximum atomic E-state index is 4.96. The second-order valence-corrected chi connectivity index (χ2v) is 2.11. The highest BCUT2D eigenvalue weighted by Gasteiger charge is 1.89. The van der Waals surface area contributed by atoms with Crippen LogP contribution in [0.5, 0.6) is 0 Å². The number of hydrogen-bond acceptors (Lipinski definition) is 3. The lowest BCUT2D eigenvalue weighted by atomic mass is 10.4. The Balaban J connectivity index is 2.75. The van der Waals surface area contributed by atoms with Gasteiger partial charge in [0, 0.05) is 13.2 Å². The molecule has 3 heteroatoms. The van der Waals surface area contributed by atoms with Gasteiger partial charge in [-0.3, -0.25) is 4.84 Å². The molecule has 0 radical (unpaired) electrons. The standard InChI is InChI=1S/C6H15NO2/c1-6(2)7-9-5-4-8-3/h6-7H,4-5H2,1-3H3. The maximum absolute atomic E-state index is 4.96. The van der Waals surface area contributed by atoms with Crippen molar-refractivity contribution in [2.45, 2.75) is 19.9 Å². The molecule has 0 aromatic rings. The first-order valence-corrected chi connectivity index (χ1v) is 3.13. The third-order valence-corrected chi connectivity index (χ3v) is 0.709. The van der Waals surface area contributed by atoms with Crippen molar-refractivity contribution in [2.24, 2.45) is 0 Å². The third kappa shape index (κ3) is 7.88. The Morgan fingerprint density at radius 1 is 1.33 bits per heavy atom. The highest BCUT2D eigenvalue weighted by Crippen LogP contribution is 1.76. The van der Waals surface area contributed by atoms with Crippen molar-refractivity contribution < 1.29 is 9.57 Å². The number of rotatable bonds is 5. The Morgan fingerprint density at radius 2 is 2.00 bits per heavy atom. The van der Waals surface area contributed by atoms with Crippen LogP contribution in [-0.2, 0) is 9.57 Å². The van der Waals surface area contributed by atoms with Gasteiger partial charge in [0.15, 0.2) is 0 Å². The Bertz CT molecular complexity index is 57.0. The molecule has 1 N–H and O–H groups in total. The summed E-state index contributed by atoms with van der Waals surface area (Å²) in [6.45, 7) is 5.29. The summed E-state index contributed by atoms with van der Waals surface area (Å²) in [5, 5.41) is 0. The SMILES string of the molecule is COCCONC(C)C. The zero-order valence-electron chi connectivity index (χ0n) is 6.31. The van der Waals surface area contributed by atoms with Gasteiger partial charge in [-0.15, -0.1) is 0 Å². The fourth-order valence-electron chi connectivity index (χ4n) is 0.351. The summed E-state index contributed by atoms with van der Waals surface area (Å²) in [6, 6.07) is 0.377. The zero-order chi connectivity index (χ0) is 7.11. The second kappa shape index (κ2) is 6.01. The molecule has 0 aliphatic heterocycles. The smallest absolute Gasteiger partial charge is 0.0915 e. The molecule has 0 unspecified atom stereocenters. The largest absolute Gasteiger partial charge is 0.382 e. The minimum Gasteiger partial charge on any atom is -0.382 e. The van der Waals surface area contributed by atoms with Crippen LogP contribution in [0.3, 0.4) is 0 Å². The molecule has 0 amide bonds. The Hall–Kier alpha value is -0.120. The molecular formula is C6H15NO2. The topological polar surface area (TPSA) is 30.5 Å². The van der Waals surface area contributed by atoms with Crippen LogP contribution in [0.4, 0.5) is 0 Å². The van der Waals surface area contributed by atoms with E-state index in [-0.39, 0.29) is 0 Å². The molecule has 0 fully saturated rings. The number of hydrogen-bond donors (Lipinski definition) is 1. The second-order valence-electron chi connectivity index (χ2n) is 2.11. The lowest BCUT2D eigenvalue weighted by molar-refractivity contribution is -0.00574. The first-order valence-electron chi connectivity index (χ1n) is 3.13. The molecule has 0 aliphatic carbocycles. The van der Waals surface area contributed by atoms with Crippen molar-refractivity contribution in [1.82, 2.24) is 5.48 Å². The predicted molar refractivity (Wildman–Crippen MR) is 36.1 cm³/mol. The van der Waals surface area contributed by atoms with Crippen LogP contribution in [0.25, 0.3) is 0 Å². The third-order valence-electron chi connectivity index (χ3n) is 0.709. The molecule has 0 spiro atoms. The van der Waals surface area contributed by atoms with E-state index < -0.39 is 0 Å². The van der Waals surface area contributed by atoms with Gasteiger partial charge in [-0.1, -0.05) is 0 Å². The van der Waals surface area contributed by atoms with Gasteiger partial charge in [0.25, 0.3) is 0 Å².